The molecule has 0 fully saturated rings. The van der Waals surface area contributed by atoms with Crippen molar-refractivity contribution in [2.75, 3.05) is 20.8 Å². The molecule has 0 aliphatic heterocycles. The normalized spacial score (nSPS) is 14.5. The van der Waals surface area contributed by atoms with Crippen molar-refractivity contribution >= 4 is 0 Å². The van der Waals surface area contributed by atoms with Crippen molar-refractivity contribution in [2.45, 2.75) is 84.0 Å². The zero-order valence-electron chi connectivity index (χ0n) is 13.5. The summed E-state index contributed by atoms with van der Waals surface area (Å²) in [4.78, 5) is 0. The monoisotopic (exact) mass is 274 g/mol. The maximum atomic E-state index is 5.51. The zero-order valence-corrected chi connectivity index (χ0v) is 13.5. The molecule has 0 aromatic heterocycles. The van der Waals surface area contributed by atoms with Gasteiger partial charge in [0.05, 0.1) is 6.10 Å². The van der Waals surface area contributed by atoms with Crippen LogP contribution in [0.25, 0.3) is 0 Å². The molecule has 0 aromatic rings. The summed E-state index contributed by atoms with van der Waals surface area (Å²) in [6.45, 7) is 4.93. The van der Waals surface area contributed by atoms with E-state index in [-0.39, 0.29) is 12.4 Å². The van der Waals surface area contributed by atoms with Crippen LogP contribution in [0.3, 0.4) is 0 Å². The van der Waals surface area contributed by atoms with E-state index in [0.717, 1.165) is 12.8 Å². The van der Waals surface area contributed by atoms with E-state index in [9.17, 15) is 0 Å². The highest BCUT2D eigenvalue weighted by atomic mass is 16.7. The first kappa shape index (κ1) is 18.9. The molecule has 19 heavy (non-hydrogen) atoms. The van der Waals surface area contributed by atoms with E-state index in [1.54, 1.807) is 14.2 Å². The maximum Gasteiger partial charge on any atom is 0.159 e. The van der Waals surface area contributed by atoms with Gasteiger partial charge >= 0.3 is 0 Å². The van der Waals surface area contributed by atoms with Gasteiger partial charge in [0, 0.05) is 27.2 Å². The van der Waals surface area contributed by atoms with E-state index < -0.39 is 0 Å². The van der Waals surface area contributed by atoms with Gasteiger partial charge < -0.3 is 14.2 Å². The quantitative estimate of drug-likeness (QED) is 0.344. The highest BCUT2D eigenvalue weighted by Gasteiger charge is 2.15. The number of unbranched alkanes of at least 4 members (excludes halogenated alkanes) is 6. The highest BCUT2D eigenvalue weighted by molar-refractivity contribution is 4.61. The van der Waals surface area contributed by atoms with Crippen molar-refractivity contribution in [1.82, 2.24) is 0 Å². The molecule has 3 heteroatoms. The summed E-state index contributed by atoms with van der Waals surface area (Å²) in [6, 6.07) is 0. The molecular weight excluding hydrogens is 240 g/mol. The fourth-order valence-electron chi connectivity index (χ4n) is 2.29. The van der Waals surface area contributed by atoms with Gasteiger partial charge in [-0.25, -0.2) is 0 Å². The van der Waals surface area contributed by atoms with Crippen molar-refractivity contribution in [3.63, 3.8) is 0 Å². The van der Waals surface area contributed by atoms with Crippen LogP contribution in [-0.2, 0) is 14.2 Å². The van der Waals surface area contributed by atoms with Crippen LogP contribution in [-0.4, -0.2) is 33.2 Å². The van der Waals surface area contributed by atoms with Crippen LogP contribution in [0.4, 0.5) is 0 Å². The van der Waals surface area contributed by atoms with Crippen molar-refractivity contribution in [3.8, 4) is 0 Å². The molecule has 0 spiro atoms. The Bertz CT molecular complexity index is 173. The van der Waals surface area contributed by atoms with Crippen LogP contribution in [0.15, 0.2) is 0 Å². The highest BCUT2D eigenvalue weighted by Crippen LogP contribution is 2.15. The summed E-state index contributed by atoms with van der Waals surface area (Å²) in [6.07, 6.45) is 11.5. The molecular formula is C16H34O3. The Morgan fingerprint density at radius 3 is 1.95 bits per heavy atom. The van der Waals surface area contributed by atoms with Crippen LogP contribution in [0.5, 0.6) is 0 Å². The molecule has 0 radical (unpaired) electrons. The second-order valence-corrected chi connectivity index (χ2v) is 5.12. The standard InChI is InChI=1S/C16H34O3/c1-5-7-8-9-10-11-12-13-15(17-3)14-16(18-4)19-6-2/h15-16H,5-14H2,1-4H3/t15-,16-/m0/s1. The van der Waals surface area contributed by atoms with Crippen LogP contribution in [0, 0.1) is 0 Å². The molecule has 0 N–H and O–H groups in total. The van der Waals surface area contributed by atoms with Crippen LogP contribution in [0.2, 0.25) is 0 Å². The van der Waals surface area contributed by atoms with Gasteiger partial charge in [0.15, 0.2) is 6.29 Å². The lowest BCUT2D eigenvalue weighted by atomic mass is 10.0. The van der Waals surface area contributed by atoms with E-state index in [1.807, 2.05) is 6.92 Å². The molecule has 3 nitrogen and oxygen atoms in total. The third kappa shape index (κ3) is 11.4. The third-order valence-corrected chi connectivity index (χ3v) is 3.53. The number of rotatable bonds is 14. The number of hydrogen-bond acceptors (Lipinski definition) is 3. The summed E-state index contributed by atoms with van der Waals surface area (Å²) in [7, 11) is 3.48. The number of hydrogen-bond donors (Lipinski definition) is 0. The Morgan fingerprint density at radius 2 is 1.42 bits per heavy atom. The molecule has 0 aliphatic carbocycles. The predicted molar refractivity (Wildman–Crippen MR) is 80.4 cm³/mol. The molecule has 2 atom stereocenters. The van der Waals surface area contributed by atoms with Crippen LogP contribution in [0.1, 0.15) is 71.6 Å². The minimum atomic E-state index is -0.125. The van der Waals surface area contributed by atoms with Gasteiger partial charge in [-0.05, 0) is 13.3 Å². The average molecular weight is 274 g/mol. The minimum Gasteiger partial charge on any atom is -0.381 e. The van der Waals surface area contributed by atoms with Crippen molar-refractivity contribution < 1.29 is 14.2 Å². The summed E-state index contributed by atoms with van der Waals surface area (Å²) < 4.78 is 16.3. The second-order valence-electron chi connectivity index (χ2n) is 5.12. The van der Waals surface area contributed by atoms with Gasteiger partial charge in [-0.1, -0.05) is 51.9 Å². The third-order valence-electron chi connectivity index (χ3n) is 3.53. The fraction of sp³-hybridized carbons (Fsp3) is 1.00. The SMILES string of the molecule is CCCCCCCCC[C@@H](C[C@@H](OC)OCC)OC. The lowest BCUT2D eigenvalue weighted by Crippen LogP contribution is -2.24. The molecule has 0 heterocycles. The molecule has 116 valence electrons. The van der Waals surface area contributed by atoms with Crippen LogP contribution < -0.4 is 0 Å². The molecule has 0 aliphatic rings. The van der Waals surface area contributed by atoms with Crippen molar-refractivity contribution in [2.24, 2.45) is 0 Å². The molecule has 0 saturated heterocycles. The van der Waals surface area contributed by atoms with E-state index in [2.05, 4.69) is 6.92 Å². The predicted octanol–water partition coefficient (Wildman–Crippen LogP) is 4.54. The first-order valence-electron chi connectivity index (χ1n) is 7.95. The second kappa shape index (κ2) is 14.3. The Kier molecular flexibility index (Phi) is 14.2. The number of ether oxygens (including phenoxy) is 3. The molecule has 0 aromatic carbocycles. The van der Waals surface area contributed by atoms with E-state index in [4.69, 9.17) is 14.2 Å². The van der Waals surface area contributed by atoms with Crippen molar-refractivity contribution in [3.05, 3.63) is 0 Å². The smallest absolute Gasteiger partial charge is 0.159 e. The van der Waals surface area contributed by atoms with Gasteiger partial charge in [-0.2, -0.15) is 0 Å². The Hall–Kier alpha value is -0.120. The topological polar surface area (TPSA) is 27.7 Å². The molecule has 0 rings (SSSR count). The van der Waals surface area contributed by atoms with Gasteiger partial charge in [0.25, 0.3) is 0 Å². The summed E-state index contributed by atoms with van der Waals surface area (Å²) >= 11 is 0. The zero-order chi connectivity index (χ0) is 14.3. The van der Waals surface area contributed by atoms with Gasteiger partial charge in [0.2, 0.25) is 0 Å². The lowest BCUT2D eigenvalue weighted by molar-refractivity contribution is -0.141. The van der Waals surface area contributed by atoms with Gasteiger partial charge in [0.1, 0.15) is 0 Å². The fourth-order valence-corrected chi connectivity index (χ4v) is 2.29. The van der Waals surface area contributed by atoms with Gasteiger partial charge in [-0.3, -0.25) is 0 Å². The average Bonchev–Trinajstić information content (AvgIpc) is 2.44. The summed E-state index contributed by atoms with van der Waals surface area (Å²) in [5.41, 5.74) is 0. The minimum absolute atomic E-state index is 0.125. The Labute approximate surface area is 120 Å². The maximum absolute atomic E-state index is 5.51. The molecule has 0 unspecified atom stereocenters. The lowest BCUT2D eigenvalue weighted by Gasteiger charge is -2.21. The van der Waals surface area contributed by atoms with E-state index in [1.165, 1.54) is 44.9 Å². The summed E-state index contributed by atoms with van der Waals surface area (Å²) in [5.74, 6) is 0. The Morgan fingerprint density at radius 1 is 0.789 bits per heavy atom. The molecule has 0 amide bonds. The van der Waals surface area contributed by atoms with Crippen LogP contribution >= 0.6 is 0 Å². The largest absolute Gasteiger partial charge is 0.381 e. The molecule has 0 saturated carbocycles. The van der Waals surface area contributed by atoms with Crippen molar-refractivity contribution in [1.29, 1.82) is 0 Å². The molecule has 0 bridgehead atoms. The first-order valence-corrected chi connectivity index (χ1v) is 7.95. The number of methoxy groups -OCH3 is 2. The first-order chi connectivity index (χ1) is 9.28. The Balaban J connectivity index is 3.58. The van der Waals surface area contributed by atoms with Gasteiger partial charge in [-0.15, -0.1) is 0 Å². The van der Waals surface area contributed by atoms with E-state index in [0.29, 0.717) is 6.61 Å². The van der Waals surface area contributed by atoms with E-state index >= 15 is 0 Å². The summed E-state index contributed by atoms with van der Waals surface area (Å²) in [5, 5.41) is 0.